The molecule has 2 rings (SSSR count). The number of ether oxygens (including phenoxy) is 1. The first kappa shape index (κ1) is 9.44. The Labute approximate surface area is 80.6 Å². The summed E-state index contributed by atoms with van der Waals surface area (Å²) in [7, 11) is 2.19. The van der Waals surface area contributed by atoms with E-state index in [2.05, 4.69) is 30.7 Å². The van der Waals surface area contributed by atoms with Gasteiger partial charge in [-0.15, -0.1) is 0 Å². The molecule has 0 N–H and O–H groups in total. The Morgan fingerprint density at radius 1 is 1.23 bits per heavy atom. The van der Waals surface area contributed by atoms with Crippen LogP contribution in [0.5, 0.6) is 0 Å². The average molecular weight is 184 g/mol. The molecule has 2 fully saturated rings. The van der Waals surface area contributed by atoms with E-state index in [4.69, 9.17) is 4.74 Å². The maximum atomic E-state index is 5.74. The topological polar surface area (TPSA) is 15.7 Å². The molecule has 0 aromatic carbocycles. The quantitative estimate of drug-likeness (QED) is 0.542. The first-order valence-electron chi connectivity index (χ1n) is 5.24. The van der Waals surface area contributed by atoms with E-state index in [0.717, 1.165) is 13.2 Å². The van der Waals surface area contributed by atoms with Crippen molar-refractivity contribution < 1.29 is 4.74 Å². The van der Waals surface area contributed by atoms with Gasteiger partial charge in [-0.1, -0.05) is 0 Å². The molecule has 3 atom stereocenters. The number of hydrogen-bond acceptors (Lipinski definition) is 3. The summed E-state index contributed by atoms with van der Waals surface area (Å²) in [4.78, 5) is 5.00. The van der Waals surface area contributed by atoms with Gasteiger partial charge in [-0.25, -0.2) is 0 Å². The van der Waals surface area contributed by atoms with Crippen molar-refractivity contribution in [2.45, 2.75) is 32.0 Å². The van der Waals surface area contributed by atoms with Crippen LogP contribution in [0.3, 0.4) is 0 Å². The number of nitrogens with zero attached hydrogens (tertiary/aromatic N) is 2. The molecule has 2 aliphatic heterocycles. The third kappa shape index (κ3) is 1.73. The summed E-state index contributed by atoms with van der Waals surface area (Å²) in [6.07, 6.45) is 0.402. The van der Waals surface area contributed by atoms with Crippen LogP contribution in [0.2, 0.25) is 0 Å². The standard InChI is InChI=1S/C10H20N2O/c1-8-9(2)13-7-10-6-11(3)4-5-12(8)10/h8-10H,4-7H2,1-3H3/t8-,9+,10-/m1/s1. The highest BCUT2D eigenvalue weighted by Gasteiger charge is 2.35. The lowest BCUT2D eigenvalue weighted by atomic mass is 10.0. The van der Waals surface area contributed by atoms with E-state index in [9.17, 15) is 0 Å². The number of morpholine rings is 1. The lowest BCUT2D eigenvalue weighted by Crippen LogP contribution is -2.62. The van der Waals surface area contributed by atoms with Crippen LogP contribution in [0, 0.1) is 0 Å². The lowest BCUT2D eigenvalue weighted by molar-refractivity contribution is -0.111. The fourth-order valence-electron chi connectivity index (χ4n) is 2.38. The second kappa shape index (κ2) is 3.56. The largest absolute Gasteiger partial charge is 0.375 e. The van der Waals surface area contributed by atoms with Gasteiger partial charge in [0.2, 0.25) is 0 Å². The van der Waals surface area contributed by atoms with Crippen LogP contribution in [-0.2, 0) is 4.74 Å². The van der Waals surface area contributed by atoms with Crippen molar-refractivity contribution in [1.29, 1.82) is 0 Å². The first-order valence-corrected chi connectivity index (χ1v) is 5.24. The van der Waals surface area contributed by atoms with Gasteiger partial charge in [-0.2, -0.15) is 0 Å². The van der Waals surface area contributed by atoms with Crippen molar-refractivity contribution in [3.63, 3.8) is 0 Å². The van der Waals surface area contributed by atoms with Crippen molar-refractivity contribution in [1.82, 2.24) is 9.80 Å². The summed E-state index contributed by atoms with van der Waals surface area (Å²) in [5.41, 5.74) is 0. The van der Waals surface area contributed by atoms with Crippen LogP contribution < -0.4 is 0 Å². The number of likely N-dealkylation sites (N-methyl/N-ethyl adjacent to an activating group) is 1. The lowest BCUT2D eigenvalue weighted by Gasteiger charge is -2.48. The molecule has 2 aliphatic rings. The summed E-state index contributed by atoms with van der Waals surface area (Å²) >= 11 is 0. The molecule has 13 heavy (non-hydrogen) atoms. The zero-order valence-corrected chi connectivity index (χ0v) is 8.86. The molecule has 0 spiro atoms. The number of rotatable bonds is 0. The number of hydrogen-bond donors (Lipinski definition) is 0. The maximum Gasteiger partial charge on any atom is 0.0700 e. The van der Waals surface area contributed by atoms with Gasteiger partial charge in [0.05, 0.1) is 12.7 Å². The second-order valence-corrected chi connectivity index (χ2v) is 4.43. The molecular formula is C10H20N2O. The van der Waals surface area contributed by atoms with Gasteiger partial charge in [-0.3, -0.25) is 4.90 Å². The molecule has 76 valence electrons. The Morgan fingerprint density at radius 3 is 2.77 bits per heavy atom. The first-order chi connectivity index (χ1) is 6.18. The highest BCUT2D eigenvalue weighted by molar-refractivity contribution is 4.89. The monoisotopic (exact) mass is 184 g/mol. The summed E-state index contributed by atoms with van der Waals surface area (Å²) in [6, 6.07) is 1.22. The van der Waals surface area contributed by atoms with Crippen molar-refractivity contribution in [3.8, 4) is 0 Å². The smallest absolute Gasteiger partial charge is 0.0700 e. The van der Waals surface area contributed by atoms with Crippen molar-refractivity contribution in [2.24, 2.45) is 0 Å². The molecule has 0 unspecified atom stereocenters. The Bertz CT molecular complexity index is 186. The molecular weight excluding hydrogens is 164 g/mol. The van der Waals surface area contributed by atoms with Gasteiger partial charge >= 0.3 is 0 Å². The summed E-state index contributed by atoms with van der Waals surface area (Å²) in [6.45, 7) is 8.94. The van der Waals surface area contributed by atoms with Gasteiger partial charge in [-0.05, 0) is 20.9 Å². The van der Waals surface area contributed by atoms with Crippen LogP contribution in [0.4, 0.5) is 0 Å². The predicted molar refractivity (Wildman–Crippen MR) is 52.9 cm³/mol. The fourth-order valence-corrected chi connectivity index (χ4v) is 2.38. The average Bonchev–Trinajstić information content (AvgIpc) is 2.12. The summed E-state index contributed by atoms with van der Waals surface area (Å²) in [5, 5.41) is 0. The highest BCUT2D eigenvalue weighted by Crippen LogP contribution is 2.21. The Morgan fingerprint density at radius 2 is 2.00 bits per heavy atom. The number of piperazine rings is 1. The molecule has 0 aromatic heterocycles. The van der Waals surface area contributed by atoms with Crippen molar-refractivity contribution >= 4 is 0 Å². The molecule has 3 heteroatoms. The summed E-state index contributed by atoms with van der Waals surface area (Å²) < 4.78 is 5.74. The highest BCUT2D eigenvalue weighted by atomic mass is 16.5. The molecule has 2 saturated heterocycles. The molecule has 0 saturated carbocycles. The van der Waals surface area contributed by atoms with Crippen LogP contribution in [0.25, 0.3) is 0 Å². The van der Waals surface area contributed by atoms with Gasteiger partial charge < -0.3 is 9.64 Å². The SMILES string of the molecule is C[C@@H]1OC[C@H]2CN(C)CCN2[C@@H]1C. The van der Waals surface area contributed by atoms with E-state index in [0.29, 0.717) is 18.2 Å². The zero-order chi connectivity index (χ0) is 9.42. The van der Waals surface area contributed by atoms with E-state index in [1.807, 2.05) is 0 Å². The minimum atomic E-state index is 0.402. The zero-order valence-electron chi connectivity index (χ0n) is 8.86. The number of fused-ring (bicyclic) bond motifs is 1. The molecule has 2 heterocycles. The summed E-state index contributed by atoms with van der Waals surface area (Å²) in [5.74, 6) is 0. The minimum absolute atomic E-state index is 0.402. The molecule has 0 aromatic rings. The molecule has 0 aliphatic carbocycles. The van der Waals surface area contributed by atoms with Gasteiger partial charge in [0.25, 0.3) is 0 Å². The normalized spacial score (nSPS) is 43.2. The van der Waals surface area contributed by atoms with Crippen LogP contribution in [0.1, 0.15) is 13.8 Å². The Kier molecular flexibility index (Phi) is 2.58. The predicted octanol–water partition coefficient (Wildman–Crippen LogP) is 0.410. The maximum absolute atomic E-state index is 5.74. The minimum Gasteiger partial charge on any atom is -0.375 e. The molecule has 0 amide bonds. The molecule has 0 bridgehead atoms. The Balaban J connectivity index is 2.02. The second-order valence-electron chi connectivity index (χ2n) is 4.43. The van der Waals surface area contributed by atoms with Gasteiger partial charge in [0.1, 0.15) is 0 Å². The molecule has 3 nitrogen and oxygen atoms in total. The van der Waals surface area contributed by atoms with E-state index in [1.165, 1.54) is 13.1 Å². The van der Waals surface area contributed by atoms with Gasteiger partial charge in [0.15, 0.2) is 0 Å². The van der Waals surface area contributed by atoms with Crippen LogP contribution in [0.15, 0.2) is 0 Å². The van der Waals surface area contributed by atoms with Crippen molar-refractivity contribution in [3.05, 3.63) is 0 Å². The van der Waals surface area contributed by atoms with E-state index in [1.54, 1.807) is 0 Å². The van der Waals surface area contributed by atoms with Gasteiger partial charge in [0, 0.05) is 31.7 Å². The van der Waals surface area contributed by atoms with E-state index in [-0.39, 0.29) is 0 Å². The van der Waals surface area contributed by atoms with E-state index >= 15 is 0 Å². The molecule has 0 radical (unpaired) electrons. The fraction of sp³-hybridized carbons (Fsp3) is 1.00. The Hall–Kier alpha value is -0.120. The third-order valence-electron chi connectivity index (χ3n) is 3.49. The van der Waals surface area contributed by atoms with E-state index < -0.39 is 0 Å². The van der Waals surface area contributed by atoms with Crippen LogP contribution >= 0.6 is 0 Å². The van der Waals surface area contributed by atoms with Crippen molar-refractivity contribution in [2.75, 3.05) is 33.3 Å². The van der Waals surface area contributed by atoms with Crippen LogP contribution in [-0.4, -0.2) is 61.3 Å². The third-order valence-corrected chi connectivity index (χ3v) is 3.49.